The minimum absolute atomic E-state index is 0.0460. The molecule has 0 aliphatic carbocycles. The van der Waals surface area contributed by atoms with Crippen molar-refractivity contribution in [2.75, 3.05) is 7.11 Å². The number of hydrogen-bond donors (Lipinski definition) is 4. The highest BCUT2D eigenvalue weighted by Crippen LogP contribution is 2.26. The quantitative estimate of drug-likeness (QED) is 0.258. The maximum absolute atomic E-state index is 11.6. The maximum Gasteiger partial charge on any atom is 0.331 e. The van der Waals surface area contributed by atoms with E-state index in [9.17, 15) is 14.7 Å². The molecule has 0 fully saturated rings. The lowest BCUT2D eigenvalue weighted by Gasteiger charge is -2.13. The zero-order chi connectivity index (χ0) is 24.8. The van der Waals surface area contributed by atoms with Gasteiger partial charge in [-0.2, -0.15) is 0 Å². The molecule has 0 heterocycles. The van der Waals surface area contributed by atoms with Crippen molar-refractivity contribution in [3.05, 3.63) is 59.7 Å². The zero-order valence-electron chi connectivity index (χ0n) is 18.9. The molecule has 8 nitrogen and oxygen atoms in total. The van der Waals surface area contributed by atoms with E-state index in [-0.39, 0.29) is 29.1 Å². The molecule has 2 aromatic carbocycles. The standard InChI is InChI=1S/C15H20O4.C10H10O4/c1-3-5-12(4-2)19-15(18)9-7-11-6-8-13(16)14(17)10-11;1-14-10(13)5-3-7-2-4-8(11)9(12)6-7/h6-10,12,16-17H,3-5H2,1-2H3;2-6,11-12H,1H3/b9-7+;5-3+/t12-;/m1./s1. The fourth-order valence-corrected chi connectivity index (χ4v) is 2.56. The number of methoxy groups -OCH3 is 1. The summed E-state index contributed by atoms with van der Waals surface area (Å²) in [5.41, 5.74) is 1.22. The average molecular weight is 459 g/mol. The Morgan fingerprint density at radius 1 is 0.818 bits per heavy atom. The number of rotatable bonds is 8. The highest BCUT2D eigenvalue weighted by molar-refractivity contribution is 5.87. The molecule has 0 aromatic heterocycles. The predicted molar refractivity (Wildman–Crippen MR) is 125 cm³/mol. The Morgan fingerprint density at radius 3 is 1.70 bits per heavy atom. The summed E-state index contributed by atoms with van der Waals surface area (Å²) in [6, 6.07) is 8.59. The van der Waals surface area contributed by atoms with Gasteiger partial charge in [-0.15, -0.1) is 0 Å². The first kappa shape index (κ1) is 27.1. The number of esters is 2. The number of phenols is 4. The molecule has 2 aromatic rings. The lowest BCUT2D eigenvalue weighted by atomic mass is 10.1. The molecule has 0 unspecified atom stereocenters. The lowest BCUT2D eigenvalue weighted by molar-refractivity contribution is -0.143. The van der Waals surface area contributed by atoms with Gasteiger partial charge < -0.3 is 29.9 Å². The second-order valence-electron chi connectivity index (χ2n) is 6.94. The van der Waals surface area contributed by atoms with Crippen LogP contribution in [0.4, 0.5) is 0 Å². The van der Waals surface area contributed by atoms with E-state index in [0.29, 0.717) is 11.1 Å². The fraction of sp³-hybridized carbons (Fsp3) is 0.280. The molecule has 0 aliphatic rings. The maximum atomic E-state index is 11.6. The van der Waals surface area contributed by atoms with Crippen molar-refractivity contribution in [2.24, 2.45) is 0 Å². The van der Waals surface area contributed by atoms with Gasteiger partial charge >= 0.3 is 11.9 Å². The van der Waals surface area contributed by atoms with Crippen LogP contribution in [0.5, 0.6) is 23.0 Å². The molecule has 0 aliphatic heterocycles. The molecule has 178 valence electrons. The van der Waals surface area contributed by atoms with E-state index in [1.54, 1.807) is 18.2 Å². The summed E-state index contributed by atoms with van der Waals surface area (Å²) in [6.07, 6.45) is 8.15. The largest absolute Gasteiger partial charge is 0.504 e. The molecule has 0 amide bonds. The van der Waals surface area contributed by atoms with Crippen LogP contribution in [-0.2, 0) is 19.1 Å². The molecule has 0 bridgehead atoms. The molecule has 2 rings (SSSR count). The van der Waals surface area contributed by atoms with E-state index >= 15 is 0 Å². The second kappa shape index (κ2) is 14.2. The Labute approximate surface area is 193 Å². The van der Waals surface area contributed by atoms with Crippen molar-refractivity contribution >= 4 is 24.1 Å². The van der Waals surface area contributed by atoms with Crippen LogP contribution in [0.3, 0.4) is 0 Å². The SMILES string of the molecule is CCC[C@@H](CC)OC(=O)/C=C/c1ccc(O)c(O)c1.COC(=O)/C=C/c1ccc(O)c(O)c1. The van der Waals surface area contributed by atoms with Crippen LogP contribution in [0, 0.1) is 0 Å². The van der Waals surface area contributed by atoms with Crippen molar-refractivity contribution < 1.29 is 39.5 Å². The van der Waals surface area contributed by atoms with Crippen molar-refractivity contribution in [1.82, 2.24) is 0 Å². The van der Waals surface area contributed by atoms with Gasteiger partial charge in [-0.25, -0.2) is 9.59 Å². The zero-order valence-corrected chi connectivity index (χ0v) is 18.9. The van der Waals surface area contributed by atoms with E-state index in [0.717, 1.165) is 19.3 Å². The van der Waals surface area contributed by atoms with Gasteiger partial charge in [0.1, 0.15) is 6.10 Å². The third-order valence-electron chi connectivity index (χ3n) is 4.37. The van der Waals surface area contributed by atoms with Crippen LogP contribution in [0.2, 0.25) is 0 Å². The third-order valence-corrected chi connectivity index (χ3v) is 4.37. The van der Waals surface area contributed by atoms with Gasteiger partial charge in [-0.1, -0.05) is 32.4 Å². The van der Waals surface area contributed by atoms with E-state index < -0.39 is 11.9 Å². The highest BCUT2D eigenvalue weighted by atomic mass is 16.5. The molecule has 33 heavy (non-hydrogen) atoms. The topological polar surface area (TPSA) is 134 Å². The van der Waals surface area contributed by atoms with Crippen LogP contribution in [-0.4, -0.2) is 45.6 Å². The van der Waals surface area contributed by atoms with Gasteiger partial charge in [0.2, 0.25) is 0 Å². The van der Waals surface area contributed by atoms with Crippen LogP contribution >= 0.6 is 0 Å². The number of aromatic hydroxyl groups is 4. The molecule has 4 N–H and O–H groups in total. The average Bonchev–Trinajstić information content (AvgIpc) is 2.80. The third kappa shape index (κ3) is 10.3. The molecule has 0 radical (unpaired) electrons. The van der Waals surface area contributed by atoms with Crippen LogP contribution in [0.25, 0.3) is 12.2 Å². The van der Waals surface area contributed by atoms with Crippen molar-refractivity contribution in [2.45, 2.75) is 39.2 Å². The number of benzene rings is 2. The van der Waals surface area contributed by atoms with E-state index in [1.807, 2.05) is 13.8 Å². The van der Waals surface area contributed by atoms with E-state index in [4.69, 9.17) is 20.1 Å². The normalized spacial score (nSPS) is 11.6. The van der Waals surface area contributed by atoms with Crippen molar-refractivity contribution in [3.63, 3.8) is 0 Å². The highest BCUT2D eigenvalue weighted by Gasteiger charge is 2.09. The number of ether oxygens (including phenoxy) is 2. The molecular weight excluding hydrogens is 428 g/mol. The van der Waals surface area contributed by atoms with Gasteiger partial charge in [0, 0.05) is 12.2 Å². The summed E-state index contributed by atoms with van der Waals surface area (Å²) in [5.74, 6) is -1.69. The lowest BCUT2D eigenvalue weighted by Crippen LogP contribution is -2.15. The van der Waals surface area contributed by atoms with Crippen LogP contribution < -0.4 is 0 Å². The van der Waals surface area contributed by atoms with Gasteiger partial charge in [0.25, 0.3) is 0 Å². The number of phenolic OH excluding ortho intramolecular Hbond substituents is 4. The predicted octanol–water partition coefficient (Wildman–Crippen LogP) is 4.52. The first-order chi connectivity index (χ1) is 15.7. The molecule has 0 saturated carbocycles. The fourth-order valence-electron chi connectivity index (χ4n) is 2.56. The summed E-state index contributed by atoms with van der Waals surface area (Å²) in [4.78, 5) is 22.3. The molecular formula is C25H30O8. The van der Waals surface area contributed by atoms with Crippen LogP contribution in [0.1, 0.15) is 44.2 Å². The number of carbonyl (C=O) groups is 2. The first-order valence-electron chi connectivity index (χ1n) is 10.4. The van der Waals surface area contributed by atoms with E-state index in [1.165, 1.54) is 49.6 Å². The molecule has 0 saturated heterocycles. The van der Waals surface area contributed by atoms with Gasteiger partial charge in [0.15, 0.2) is 23.0 Å². The minimum Gasteiger partial charge on any atom is -0.504 e. The Kier molecular flexibility index (Phi) is 11.6. The summed E-state index contributed by atoms with van der Waals surface area (Å²) in [7, 11) is 1.28. The summed E-state index contributed by atoms with van der Waals surface area (Å²) in [6.45, 7) is 4.03. The van der Waals surface area contributed by atoms with Crippen molar-refractivity contribution in [1.29, 1.82) is 0 Å². The molecule has 8 heteroatoms. The number of carbonyl (C=O) groups excluding carboxylic acids is 2. The van der Waals surface area contributed by atoms with Gasteiger partial charge in [-0.05, 0) is 60.4 Å². The Balaban J connectivity index is 0.000000346. The van der Waals surface area contributed by atoms with Crippen molar-refractivity contribution in [3.8, 4) is 23.0 Å². The van der Waals surface area contributed by atoms with Crippen LogP contribution in [0.15, 0.2) is 48.6 Å². The minimum atomic E-state index is -0.474. The summed E-state index contributed by atoms with van der Waals surface area (Å²) in [5, 5.41) is 36.6. The van der Waals surface area contributed by atoms with Gasteiger partial charge in [-0.3, -0.25) is 0 Å². The second-order valence-corrected chi connectivity index (χ2v) is 6.94. The Bertz CT molecular complexity index is 978. The smallest absolute Gasteiger partial charge is 0.331 e. The van der Waals surface area contributed by atoms with Gasteiger partial charge in [0.05, 0.1) is 7.11 Å². The Hall–Kier alpha value is -3.94. The van der Waals surface area contributed by atoms with E-state index in [2.05, 4.69) is 4.74 Å². The molecule has 0 spiro atoms. The summed E-state index contributed by atoms with van der Waals surface area (Å²) >= 11 is 0. The number of hydrogen-bond acceptors (Lipinski definition) is 8. The monoisotopic (exact) mass is 458 g/mol. The summed E-state index contributed by atoms with van der Waals surface area (Å²) < 4.78 is 9.67. The first-order valence-corrected chi connectivity index (χ1v) is 10.4. The Morgan fingerprint density at radius 2 is 1.30 bits per heavy atom. The molecule has 1 atom stereocenters.